The van der Waals surface area contributed by atoms with E-state index < -0.39 is 0 Å². The highest BCUT2D eigenvalue weighted by atomic mass is 32.2. The smallest absolute Gasteiger partial charge is 0.234 e. The molecule has 0 unspecified atom stereocenters. The third-order valence-corrected chi connectivity index (χ3v) is 5.33. The predicted octanol–water partition coefficient (Wildman–Crippen LogP) is 2.35. The van der Waals surface area contributed by atoms with E-state index in [1.807, 2.05) is 11.6 Å². The maximum Gasteiger partial charge on any atom is 0.234 e. The molecule has 0 saturated heterocycles. The molecule has 26 heavy (non-hydrogen) atoms. The Balaban J connectivity index is 1.44. The van der Waals surface area contributed by atoms with Crippen LogP contribution in [0.5, 0.6) is 11.5 Å². The molecule has 8 nitrogen and oxygen atoms in total. The summed E-state index contributed by atoms with van der Waals surface area (Å²) in [5.41, 5.74) is 0.811. The summed E-state index contributed by atoms with van der Waals surface area (Å²) in [6.45, 7) is 1.55. The largest absolute Gasteiger partial charge is 0.454 e. The fourth-order valence-corrected chi connectivity index (χ4v) is 3.52. The molecule has 0 spiro atoms. The molecule has 2 heterocycles. The minimum atomic E-state index is -0.229. The van der Waals surface area contributed by atoms with Crippen LogP contribution in [0.25, 0.3) is 0 Å². The molecule has 9 heteroatoms. The summed E-state index contributed by atoms with van der Waals surface area (Å²) in [7, 11) is 1.92. The number of hydrogen-bond donors (Lipinski definition) is 1. The van der Waals surface area contributed by atoms with E-state index in [4.69, 9.17) is 9.47 Å². The normalized spacial score (nSPS) is 15.2. The first kappa shape index (κ1) is 16.9. The molecule has 0 atom stereocenters. The Labute approximate surface area is 154 Å². The molecule has 136 valence electrons. The average molecular weight is 374 g/mol. The third kappa shape index (κ3) is 3.26. The highest BCUT2D eigenvalue weighted by Gasteiger charge is 2.29. The lowest BCUT2D eigenvalue weighted by Gasteiger charge is -2.10. The van der Waals surface area contributed by atoms with Gasteiger partial charge in [-0.2, -0.15) is 0 Å². The lowest BCUT2D eigenvalue weighted by atomic mass is 10.1. The van der Waals surface area contributed by atoms with Gasteiger partial charge in [-0.05, 0) is 25.8 Å². The molecule has 1 aromatic heterocycles. The fourth-order valence-electron chi connectivity index (χ4n) is 2.80. The molecule has 2 aliphatic rings. The van der Waals surface area contributed by atoms with Gasteiger partial charge in [-0.3, -0.25) is 9.59 Å². The van der Waals surface area contributed by atoms with Crippen LogP contribution in [0.1, 0.15) is 41.9 Å². The number of nitrogens with one attached hydrogen (secondary N) is 1. The summed E-state index contributed by atoms with van der Waals surface area (Å²) in [5.74, 6) is 2.28. The van der Waals surface area contributed by atoms with Gasteiger partial charge in [0.2, 0.25) is 12.7 Å². The summed E-state index contributed by atoms with van der Waals surface area (Å²) in [4.78, 5) is 24.2. The molecule has 0 radical (unpaired) electrons. The number of carbonyl (C=O) groups is 2. The van der Waals surface area contributed by atoms with Gasteiger partial charge in [0, 0.05) is 24.6 Å². The van der Waals surface area contributed by atoms with Crippen molar-refractivity contribution >= 4 is 29.1 Å². The van der Waals surface area contributed by atoms with Gasteiger partial charge in [0.15, 0.2) is 22.4 Å². The number of ether oxygens (including phenoxy) is 2. The van der Waals surface area contributed by atoms with E-state index in [1.54, 1.807) is 12.1 Å². The summed E-state index contributed by atoms with van der Waals surface area (Å²) in [6, 6.07) is 3.22. The van der Waals surface area contributed by atoms with Gasteiger partial charge in [0.1, 0.15) is 5.82 Å². The number of aromatic nitrogens is 3. The number of ketones is 1. The molecule has 1 saturated carbocycles. The Kier molecular flexibility index (Phi) is 4.31. The van der Waals surface area contributed by atoms with Crippen LogP contribution in [0.15, 0.2) is 17.3 Å². The van der Waals surface area contributed by atoms with Crippen LogP contribution in [0, 0.1) is 0 Å². The molecule has 1 aliphatic carbocycles. The Hall–Kier alpha value is -2.55. The summed E-state index contributed by atoms with van der Waals surface area (Å²) < 4.78 is 12.5. The molecule has 4 rings (SSSR count). The van der Waals surface area contributed by atoms with Crippen molar-refractivity contribution < 1.29 is 19.1 Å². The van der Waals surface area contributed by atoms with Crippen molar-refractivity contribution in [2.45, 2.75) is 30.8 Å². The number of thioether (sulfide) groups is 1. The van der Waals surface area contributed by atoms with Crippen molar-refractivity contribution in [3.63, 3.8) is 0 Å². The maximum absolute atomic E-state index is 12.4. The minimum absolute atomic E-state index is 0.107. The van der Waals surface area contributed by atoms with Crippen LogP contribution in [0.3, 0.4) is 0 Å². The van der Waals surface area contributed by atoms with Crippen LogP contribution < -0.4 is 14.8 Å². The number of rotatable bonds is 6. The highest BCUT2D eigenvalue weighted by molar-refractivity contribution is 7.99. The van der Waals surface area contributed by atoms with Gasteiger partial charge in [-0.25, -0.2) is 0 Å². The van der Waals surface area contributed by atoms with Crippen LogP contribution in [-0.2, 0) is 11.8 Å². The lowest BCUT2D eigenvalue weighted by molar-refractivity contribution is -0.113. The molecule has 1 fully saturated rings. The Bertz CT molecular complexity index is 891. The van der Waals surface area contributed by atoms with E-state index in [1.165, 1.54) is 18.7 Å². The van der Waals surface area contributed by atoms with E-state index in [9.17, 15) is 9.59 Å². The fraction of sp³-hybridized carbons (Fsp3) is 0.412. The predicted molar refractivity (Wildman–Crippen MR) is 94.9 cm³/mol. The summed E-state index contributed by atoms with van der Waals surface area (Å²) >= 11 is 1.32. The van der Waals surface area contributed by atoms with Crippen molar-refractivity contribution in [3.05, 3.63) is 23.5 Å². The van der Waals surface area contributed by atoms with E-state index in [2.05, 4.69) is 15.5 Å². The highest BCUT2D eigenvalue weighted by Crippen LogP contribution is 2.40. The molecule has 1 amide bonds. The monoisotopic (exact) mass is 374 g/mol. The van der Waals surface area contributed by atoms with E-state index >= 15 is 0 Å². The second-order valence-electron chi connectivity index (χ2n) is 6.32. The maximum atomic E-state index is 12.4. The zero-order chi connectivity index (χ0) is 18.3. The van der Waals surface area contributed by atoms with Crippen LogP contribution >= 0.6 is 11.8 Å². The zero-order valence-corrected chi connectivity index (χ0v) is 15.3. The van der Waals surface area contributed by atoms with Crippen molar-refractivity contribution in [1.82, 2.24) is 14.8 Å². The number of amides is 1. The van der Waals surface area contributed by atoms with Gasteiger partial charge in [0.25, 0.3) is 0 Å². The Morgan fingerprint density at radius 2 is 2.00 bits per heavy atom. The quantitative estimate of drug-likeness (QED) is 0.612. The first-order valence-electron chi connectivity index (χ1n) is 8.29. The second-order valence-corrected chi connectivity index (χ2v) is 7.26. The minimum Gasteiger partial charge on any atom is -0.454 e. The second kappa shape index (κ2) is 6.64. The SMILES string of the molecule is CC(=O)c1cc2c(cc1NC(=O)CSc1nnc(C3CC3)n1C)OCO2. The van der Waals surface area contributed by atoms with Crippen LogP contribution in [0.2, 0.25) is 0 Å². The number of hydrogen-bond acceptors (Lipinski definition) is 7. The number of Topliss-reactive ketones (excluding diaryl/α,β-unsaturated/α-hetero) is 1. The van der Waals surface area contributed by atoms with Gasteiger partial charge in [0.05, 0.1) is 11.4 Å². The van der Waals surface area contributed by atoms with Crippen LogP contribution in [0.4, 0.5) is 5.69 Å². The number of fused-ring (bicyclic) bond motifs is 1. The average Bonchev–Trinajstić information content (AvgIpc) is 3.22. The number of benzene rings is 1. The molecular formula is C17H18N4O4S. The Morgan fingerprint density at radius 1 is 1.27 bits per heavy atom. The number of carbonyl (C=O) groups excluding carboxylic acids is 2. The van der Waals surface area contributed by atoms with Crippen molar-refractivity contribution in [1.29, 1.82) is 0 Å². The van der Waals surface area contributed by atoms with Gasteiger partial charge in [-0.1, -0.05) is 11.8 Å². The van der Waals surface area contributed by atoms with E-state index in [-0.39, 0.29) is 24.2 Å². The van der Waals surface area contributed by atoms with Gasteiger partial charge >= 0.3 is 0 Å². The molecule has 0 bridgehead atoms. The first-order valence-corrected chi connectivity index (χ1v) is 9.28. The molecular weight excluding hydrogens is 356 g/mol. The zero-order valence-electron chi connectivity index (χ0n) is 14.4. The van der Waals surface area contributed by atoms with Gasteiger partial charge < -0.3 is 19.4 Å². The van der Waals surface area contributed by atoms with Crippen molar-refractivity contribution in [2.24, 2.45) is 7.05 Å². The number of anilines is 1. The van der Waals surface area contributed by atoms with Crippen molar-refractivity contribution in [3.8, 4) is 11.5 Å². The first-order chi connectivity index (χ1) is 12.5. The van der Waals surface area contributed by atoms with Crippen LogP contribution in [-0.4, -0.2) is 39.0 Å². The topological polar surface area (TPSA) is 95.3 Å². The molecule has 1 N–H and O–H groups in total. The Morgan fingerprint density at radius 3 is 2.69 bits per heavy atom. The molecule has 1 aliphatic heterocycles. The van der Waals surface area contributed by atoms with E-state index in [0.29, 0.717) is 33.8 Å². The summed E-state index contributed by atoms with van der Waals surface area (Å²) in [6.07, 6.45) is 2.30. The van der Waals surface area contributed by atoms with Crippen molar-refractivity contribution in [2.75, 3.05) is 17.9 Å². The third-order valence-electron chi connectivity index (χ3n) is 4.31. The molecule has 1 aromatic carbocycles. The van der Waals surface area contributed by atoms with E-state index in [0.717, 1.165) is 18.7 Å². The van der Waals surface area contributed by atoms with Gasteiger partial charge in [-0.15, -0.1) is 10.2 Å². The molecule has 2 aromatic rings. The standard InChI is InChI=1S/C17H18N4O4S/c1-9(22)11-5-13-14(25-8-24-13)6-12(11)18-15(23)7-26-17-20-19-16(21(17)2)10-3-4-10/h5-6,10H,3-4,7-8H2,1-2H3,(H,18,23). The summed E-state index contributed by atoms with van der Waals surface area (Å²) in [5, 5.41) is 11.8. The lowest BCUT2D eigenvalue weighted by Crippen LogP contribution is -2.16. The number of nitrogens with zero attached hydrogens (tertiary/aromatic N) is 3.